The predicted molar refractivity (Wildman–Crippen MR) is 234 cm³/mol. The number of fused-ring (bicyclic) bond motifs is 9. The Labute approximate surface area is 338 Å². The van der Waals surface area contributed by atoms with Crippen molar-refractivity contribution < 1.29 is 15.7 Å². The molecule has 0 N–H and O–H groups in total. The molecule has 0 amide bonds. The minimum Gasteiger partial charge on any atom is -0.455 e. The zero-order valence-corrected chi connectivity index (χ0v) is 30.5. The molecule has 0 atom stereocenters. The lowest BCUT2D eigenvalue weighted by Crippen LogP contribution is -2.01. The molecule has 0 saturated heterocycles. The molecular formula is C52H30N4O2. The maximum Gasteiger partial charge on any atom is 0.227 e. The lowest BCUT2D eigenvalue weighted by atomic mass is 9.91. The molecule has 6 nitrogen and oxygen atoms in total. The van der Waals surface area contributed by atoms with Crippen molar-refractivity contribution in [3.05, 3.63) is 182 Å². The fraction of sp³-hybridized carbons (Fsp3) is 0. The van der Waals surface area contributed by atoms with E-state index < -0.39 is 30.2 Å². The fourth-order valence-corrected chi connectivity index (χ4v) is 8.18. The standard InChI is InChI=1S/C52H30N4O2/c1-3-15-31(16-4-1)49-54-50(56-51(55-49)43-28-34-20-8-10-22-37(34)48-46(43)40-25-13-14-26-45(40)57-48)35-27-33-19-7-9-21-36(33)41(29-35)42-30-44-47(39-24-12-11-23-38(39)42)58-52(53-44)32-17-5-2-6-18-32/h1-30H/i1D,3D,4D,15D,16D. The van der Waals surface area contributed by atoms with E-state index >= 15 is 0 Å². The van der Waals surface area contributed by atoms with Crippen LogP contribution in [-0.2, 0) is 0 Å². The van der Waals surface area contributed by atoms with Gasteiger partial charge in [-0.05, 0) is 75.1 Å². The summed E-state index contributed by atoms with van der Waals surface area (Å²) in [6.07, 6.45) is 0. The van der Waals surface area contributed by atoms with Gasteiger partial charge < -0.3 is 8.83 Å². The van der Waals surface area contributed by atoms with E-state index in [1.165, 1.54) is 0 Å². The summed E-state index contributed by atoms with van der Waals surface area (Å²) in [6.45, 7) is 0. The van der Waals surface area contributed by atoms with Crippen LogP contribution in [0.3, 0.4) is 0 Å². The highest BCUT2D eigenvalue weighted by atomic mass is 16.3. The normalized spacial score (nSPS) is 13.0. The number of benzene rings is 9. The van der Waals surface area contributed by atoms with E-state index in [1.54, 1.807) is 0 Å². The lowest BCUT2D eigenvalue weighted by Gasteiger charge is -2.14. The number of furan rings is 1. The van der Waals surface area contributed by atoms with Crippen LogP contribution in [0.2, 0.25) is 0 Å². The first-order valence-corrected chi connectivity index (χ1v) is 18.9. The molecule has 12 rings (SSSR count). The molecule has 58 heavy (non-hydrogen) atoms. The van der Waals surface area contributed by atoms with Gasteiger partial charge in [0, 0.05) is 43.8 Å². The van der Waals surface area contributed by atoms with Crippen molar-refractivity contribution in [1.29, 1.82) is 0 Å². The SMILES string of the molecule is [2H]c1c([2H])c([2H])c(-c2nc(-c3cc(-c4cc5nc(-c6ccccc6)oc5c5ccccc45)c4ccccc4c3)nc(-c3cc4ccccc4c4oc5ccccc5c34)n2)c([2H])c1[2H]. The molecule has 6 heteroatoms. The molecule has 0 radical (unpaired) electrons. The van der Waals surface area contributed by atoms with Gasteiger partial charge in [-0.1, -0.05) is 139 Å². The molecule has 0 spiro atoms. The monoisotopic (exact) mass is 747 g/mol. The van der Waals surface area contributed by atoms with Gasteiger partial charge in [-0.15, -0.1) is 0 Å². The second-order valence-corrected chi connectivity index (χ2v) is 14.2. The smallest absolute Gasteiger partial charge is 0.227 e. The molecule has 3 aromatic heterocycles. The van der Waals surface area contributed by atoms with Crippen molar-refractivity contribution in [2.45, 2.75) is 0 Å². The third kappa shape index (κ3) is 5.12. The van der Waals surface area contributed by atoms with Gasteiger partial charge in [0.25, 0.3) is 0 Å². The highest BCUT2D eigenvalue weighted by molar-refractivity contribution is 6.21. The minimum absolute atomic E-state index is 0.0567. The third-order valence-electron chi connectivity index (χ3n) is 10.8. The van der Waals surface area contributed by atoms with E-state index in [2.05, 4.69) is 18.2 Å². The van der Waals surface area contributed by atoms with Crippen molar-refractivity contribution in [1.82, 2.24) is 19.9 Å². The molecule has 3 heterocycles. The van der Waals surface area contributed by atoms with Crippen molar-refractivity contribution in [2.75, 3.05) is 0 Å². The first-order valence-electron chi connectivity index (χ1n) is 21.4. The summed E-state index contributed by atoms with van der Waals surface area (Å²) in [7, 11) is 0. The van der Waals surface area contributed by atoms with Crippen LogP contribution in [0.1, 0.15) is 6.85 Å². The molecule has 0 aliphatic rings. The Kier molecular flexibility index (Phi) is 6.09. The van der Waals surface area contributed by atoms with E-state index in [9.17, 15) is 0 Å². The van der Waals surface area contributed by atoms with Gasteiger partial charge in [-0.25, -0.2) is 19.9 Å². The summed E-state index contributed by atoms with van der Waals surface area (Å²) in [5, 5.41) is 7.23. The van der Waals surface area contributed by atoms with Gasteiger partial charge in [0.15, 0.2) is 23.1 Å². The molecule has 0 unspecified atom stereocenters. The zero-order valence-electron chi connectivity index (χ0n) is 35.5. The van der Waals surface area contributed by atoms with E-state index in [0.717, 1.165) is 59.8 Å². The van der Waals surface area contributed by atoms with Crippen LogP contribution in [0.25, 0.3) is 122 Å². The molecule has 0 aliphatic heterocycles. The van der Waals surface area contributed by atoms with Gasteiger partial charge >= 0.3 is 0 Å². The molecular weight excluding hydrogens is 713 g/mol. The average Bonchev–Trinajstić information content (AvgIpc) is 3.95. The third-order valence-corrected chi connectivity index (χ3v) is 10.8. The van der Waals surface area contributed by atoms with Gasteiger partial charge in [-0.2, -0.15) is 0 Å². The summed E-state index contributed by atoms with van der Waals surface area (Å²) >= 11 is 0. The van der Waals surface area contributed by atoms with Crippen LogP contribution in [0, 0.1) is 0 Å². The summed E-state index contributed by atoms with van der Waals surface area (Å²) in [5.41, 5.74) is 6.58. The summed E-state index contributed by atoms with van der Waals surface area (Å²) in [5.74, 6) is 0.971. The number of aromatic nitrogens is 4. The Balaban J connectivity index is 1.16. The number of rotatable bonds is 5. The van der Waals surface area contributed by atoms with E-state index in [0.29, 0.717) is 39.3 Å². The summed E-state index contributed by atoms with van der Waals surface area (Å²) < 4.78 is 56.5. The lowest BCUT2D eigenvalue weighted by molar-refractivity contribution is 0.623. The van der Waals surface area contributed by atoms with Gasteiger partial charge in [0.2, 0.25) is 5.89 Å². The Morgan fingerprint density at radius 1 is 0.397 bits per heavy atom. The quantitative estimate of drug-likeness (QED) is 0.174. The molecule has 12 aromatic rings. The average molecular weight is 748 g/mol. The molecule has 0 aliphatic carbocycles. The fourth-order valence-electron chi connectivity index (χ4n) is 8.18. The number of nitrogens with zero attached hydrogens (tertiary/aromatic N) is 4. The van der Waals surface area contributed by atoms with Gasteiger partial charge in [0.05, 0.1) is 6.85 Å². The van der Waals surface area contributed by atoms with Crippen LogP contribution >= 0.6 is 0 Å². The van der Waals surface area contributed by atoms with Crippen molar-refractivity contribution in [2.24, 2.45) is 0 Å². The van der Waals surface area contributed by atoms with Crippen LogP contribution in [0.15, 0.2) is 191 Å². The van der Waals surface area contributed by atoms with Crippen LogP contribution in [-0.4, -0.2) is 19.9 Å². The molecule has 0 fully saturated rings. The van der Waals surface area contributed by atoms with Crippen LogP contribution in [0.4, 0.5) is 0 Å². The molecule has 9 aromatic carbocycles. The van der Waals surface area contributed by atoms with E-state index in [1.807, 2.05) is 133 Å². The topological polar surface area (TPSA) is 77.8 Å². The second kappa shape index (κ2) is 12.8. The number of para-hydroxylation sites is 1. The largest absolute Gasteiger partial charge is 0.455 e. The minimum atomic E-state index is -0.504. The Morgan fingerprint density at radius 3 is 1.83 bits per heavy atom. The maximum absolute atomic E-state index is 9.00. The van der Waals surface area contributed by atoms with Crippen molar-refractivity contribution in [3.63, 3.8) is 0 Å². The predicted octanol–water partition coefficient (Wildman–Crippen LogP) is 13.7. The zero-order chi connectivity index (χ0) is 42.5. The van der Waals surface area contributed by atoms with E-state index in [4.69, 9.17) is 35.6 Å². The second-order valence-electron chi connectivity index (χ2n) is 14.2. The van der Waals surface area contributed by atoms with Gasteiger partial charge in [-0.3, -0.25) is 0 Å². The highest BCUT2D eigenvalue weighted by Crippen LogP contribution is 2.43. The molecule has 0 bridgehead atoms. The summed E-state index contributed by atoms with van der Waals surface area (Å²) in [6, 6.07) is 47.6. The van der Waals surface area contributed by atoms with Crippen LogP contribution in [0.5, 0.6) is 0 Å². The van der Waals surface area contributed by atoms with Crippen LogP contribution < -0.4 is 0 Å². The first kappa shape index (κ1) is 27.6. The number of oxazole rings is 1. The van der Waals surface area contributed by atoms with Crippen molar-refractivity contribution in [3.8, 4) is 56.7 Å². The van der Waals surface area contributed by atoms with Gasteiger partial charge in [0.1, 0.15) is 16.7 Å². The Bertz CT molecular complexity index is 3860. The highest BCUT2D eigenvalue weighted by Gasteiger charge is 2.22. The first-order chi connectivity index (χ1) is 30.8. The number of hydrogen-bond donors (Lipinski definition) is 0. The Hall–Kier alpha value is -7.96. The van der Waals surface area contributed by atoms with E-state index in [-0.39, 0.29) is 23.0 Å². The summed E-state index contributed by atoms with van der Waals surface area (Å²) in [4.78, 5) is 20.1. The molecule has 0 saturated carbocycles. The van der Waals surface area contributed by atoms with Crippen molar-refractivity contribution >= 4 is 65.4 Å². The maximum atomic E-state index is 9.00. The molecule has 270 valence electrons. The number of hydrogen-bond acceptors (Lipinski definition) is 6. The Morgan fingerprint density at radius 2 is 1.02 bits per heavy atom.